The van der Waals surface area contributed by atoms with Gasteiger partial charge < -0.3 is 14.6 Å². The number of nitrogens with zero attached hydrogens (tertiary/aromatic N) is 2. The van der Waals surface area contributed by atoms with Crippen molar-refractivity contribution in [3.8, 4) is 6.07 Å². The summed E-state index contributed by atoms with van der Waals surface area (Å²) in [6, 6.07) is 4.07. The monoisotopic (exact) mass is 235 g/mol. The maximum Gasteiger partial charge on any atom is 0.120 e. The van der Waals surface area contributed by atoms with Crippen molar-refractivity contribution in [3.63, 3.8) is 0 Å². The Kier molecular flexibility index (Phi) is 6.38. The van der Waals surface area contributed by atoms with E-state index in [-0.39, 0.29) is 0 Å². The molecule has 0 radical (unpaired) electrons. The van der Waals surface area contributed by atoms with Crippen LogP contribution in [0.4, 0.5) is 0 Å². The summed E-state index contributed by atoms with van der Waals surface area (Å²) in [5.74, 6) is 0. The van der Waals surface area contributed by atoms with Crippen LogP contribution in [0, 0.1) is 11.3 Å². The van der Waals surface area contributed by atoms with E-state index in [0.29, 0.717) is 5.69 Å². The Morgan fingerprint density at radius 3 is 2.94 bits per heavy atom. The van der Waals surface area contributed by atoms with Crippen molar-refractivity contribution in [1.82, 2.24) is 9.88 Å². The van der Waals surface area contributed by atoms with E-state index in [0.717, 1.165) is 44.7 Å². The van der Waals surface area contributed by atoms with Crippen molar-refractivity contribution in [3.05, 3.63) is 23.5 Å². The van der Waals surface area contributed by atoms with Crippen LogP contribution < -0.4 is 5.32 Å². The fourth-order valence-electron chi connectivity index (χ4n) is 1.62. The Bertz CT molecular complexity index is 365. The highest BCUT2D eigenvalue weighted by Gasteiger charge is 2.01. The quantitative estimate of drug-likeness (QED) is 0.699. The SMILES string of the molecule is CCCOCCCNCc1cc(C#N)n(C)c1. The topological polar surface area (TPSA) is 50.0 Å². The molecule has 0 aliphatic rings. The third kappa shape index (κ3) is 5.03. The Hall–Kier alpha value is -1.31. The van der Waals surface area contributed by atoms with Crippen LogP contribution >= 0.6 is 0 Å². The third-order valence-electron chi connectivity index (χ3n) is 2.50. The van der Waals surface area contributed by atoms with E-state index in [1.807, 2.05) is 23.9 Å². The Morgan fingerprint density at radius 2 is 2.29 bits per heavy atom. The van der Waals surface area contributed by atoms with E-state index < -0.39 is 0 Å². The minimum atomic E-state index is 0.702. The average molecular weight is 235 g/mol. The van der Waals surface area contributed by atoms with Gasteiger partial charge in [-0.15, -0.1) is 0 Å². The lowest BCUT2D eigenvalue weighted by atomic mass is 10.3. The highest BCUT2D eigenvalue weighted by atomic mass is 16.5. The van der Waals surface area contributed by atoms with Crippen LogP contribution in [0.5, 0.6) is 0 Å². The van der Waals surface area contributed by atoms with Gasteiger partial charge in [0.05, 0.1) is 0 Å². The molecule has 4 nitrogen and oxygen atoms in total. The van der Waals surface area contributed by atoms with Gasteiger partial charge in [0.15, 0.2) is 0 Å². The molecule has 1 heterocycles. The number of aryl methyl sites for hydroxylation is 1. The molecule has 0 fully saturated rings. The molecule has 17 heavy (non-hydrogen) atoms. The molecule has 0 aliphatic heterocycles. The van der Waals surface area contributed by atoms with Crippen molar-refractivity contribution in [2.24, 2.45) is 7.05 Å². The largest absolute Gasteiger partial charge is 0.381 e. The number of hydrogen-bond acceptors (Lipinski definition) is 3. The highest BCUT2D eigenvalue weighted by Crippen LogP contribution is 2.05. The summed E-state index contributed by atoms with van der Waals surface area (Å²) in [6.45, 7) is 5.54. The molecule has 0 aliphatic carbocycles. The van der Waals surface area contributed by atoms with Crippen molar-refractivity contribution >= 4 is 0 Å². The van der Waals surface area contributed by atoms with Gasteiger partial charge in [0.1, 0.15) is 11.8 Å². The second kappa shape index (κ2) is 7.88. The molecule has 0 bridgehead atoms. The maximum absolute atomic E-state index is 8.82. The molecule has 1 aromatic heterocycles. The second-order valence-electron chi connectivity index (χ2n) is 4.10. The number of rotatable bonds is 8. The van der Waals surface area contributed by atoms with Crippen molar-refractivity contribution in [2.45, 2.75) is 26.3 Å². The molecule has 1 rings (SSSR count). The van der Waals surface area contributed by atoms with Gasteiger partial charge >= 0.3 is 0 Å². The van der Waals surface area contributed by atoms with E-state index in [9.17, 15) is 0 Å². The summed E-state index contributed by atoms with van der Waals surface area (Å²) < 4.78 is 7.24. The van der Waals surface area contributed by atoms with Crippen LogP contribution in [0.2, 0.25) is 0 Å². The van der Waals surface area contributed by atoms with Crippen LogP contribution in [0.15, 0.2) is 12.3 Å². The fourth-order valence-corrected chi connectivity index (χ4v) is 1.62. The molecular formula is C13H21N3O. The molecule has 0 saturated carbocycles. The number of hydrogen-bond donors (Lipinski definition) is 1. The Labute approximate surface area is 103 Å². The number of ether oxygens (including phenoxy) is 1. The van der Waals surface area contributed by atoms with Crippen LogP contribution in [0.25, 0.3) is 0 Å². The molecule has 0 atom stereocenters. The summed E-state index contributed by atoms with van der Waals surface area (Å²) in [5.41, 5.74) is 1.85. The van der Waals surface area contributed by atoms with E-state index in [1.54, 1.807) is 0 Å². The van der Waals surface area contributed by atoms with E-state index in [2.05, 4.69) is 18.3 Å². The summed E-state index contributed by atoms with van der Waals surface area (Å²) in [6.07, 6.45) is 4.09. The summed E-state index contributed by atoms with van der Waals surface area (Å²) in [4.78, 5) is 0. The van der Waals surface area contributed by atoms with Gasteiger partial charge in [0.2, 0.25) is 0 Å². The first kappa shape index (κ1) is 13.8. The smallest absolute Gasteiger partial charge is 0.120 e. The van der Waals surface area contributed by atoms with Gasteiger partial charge in [-0.05, 0) is 31.0 Å². The molecule has 0 amide bonds. The fraction of sp³-hybridized carbons (Fsp3) is 0.615. The summed E-state index contributed by atoms with van der Waals surface area (Å²) >= 11 is 0. The summed E-state index contributed by atoms with van der Waals surface area (Å²) in [7, 11) is 1.89. The van der Waals surface area contributed by atoms with Crippen LogP contribution in [-0.4, -0.2) is 24.3 Å². The van der Waals surface area contributed by atoms with E-state index in [4.69, 9.17) is 10.00 Å². The predicted octanol–water partition coefficient (Wildman–Crippen LogP) is 1.80. The van der Waals surface area contributed by atoms with E-state index in [1.165, 1.54) is 0 Å². The Balaban J connectivity index is 2.12. The van der Waals surface area contributed by atoms with E-state index >= 15 is 0 Å². The molecule has 0 saturated heterocycles. The standard InChI is InChI=1S/C13H21N3O/c1-3-6-17-7-4-5-15-10-12-8-13(9-14)16(2)11-12/h8,11,15H,3-7,10H2,1-2H3. The van der Waals surface area contributed by atoms with Crippen molar-refractivity contribution in [1.29, 1.82) is 5.26 Å². The minimum Gasteiger partial charge on any atom is -0.381 e. The molecule has 1 aromatic rings. The van der Waals surface area contributed by atoms with Gasteiger partial charge in [0, 0.05) is 33.0 Å². The zero-order valence-electron chi connectivity index (χ0n) is 10.7. The number of aromatic nitrogens is 1. The van der Waals surface area contributed by atoms with Crippen LogP contribution in [-0.2, 0) is 18.3 Å². The highest BCUT2D eigenvalue weighted by molar-refractivity contribution is 5.28. The molecule has 0 spiro atoms. The van der Waals surface area contributed by atoms with Gasteiger partial charge in [-0.3, -0.25) is 0 Å². The molecule has 94 valence electrons. The van der Waals surface area contributed by atoms with Crippen LogP contribution in [0.3, 0.4) is 0 Å². The normalized spacial score (nSPS) is 10.4. The lowest BCUT2D eigenvalue weighted by molar-refractivity contribution is 0.132. The second-order valence-corrected chi connectivity index (χ2v) is 4.10. The molecule has 0 unspecified atom stereocenters. The Morgan fingerprint density at radius 1 is 1.47 bits per heavy atom. The first-order chi connectivity index (χ1) is 8.27. The number of nitriles is 1. The third-order valence-corrected chi connectivity index (χ3v) is 2.50. The van der Waals surface area contributed by atoms with Crippen molar-refractivity contribution < 1.29 is 4.74 Å². The molecule has 1 N–H and O–H groups in total. The molecule has 0 aromatic carbocycles. The van der Waals surface area contributed by atoms with Crippen LogP contribution in [0.1, 0.15) is 31.0 Å². The van der Waals surface area contributed by atoms with Gasteiger partial charge in [-0.2, -0.15) is 5.26 Å². The lowest BCUT2D eigenvalue weighted by Gasteiger charge is -2.04. The average Bonchev–Trinajstić information content (AvgIpc) is 2.68. The first-order valence-corrected chi connectivity index (χ1v) is 6.11. The lowest BCUT2D eigenvalue weighted by Crippen LogP contribution is -2.16. The first-order valence-electron chi connectivity index (χ1n) is 6.11. The zero-order valence-corrected chi connectivity index (χ0v) is 10.7. The zero-order chi connectivity index (χ0) is 12.5. The van der Waals surface area contributed by atoms with Gasteiger partial charge in [0.25, 0.3) is 0 Å². The van der Waals surface area contributed by atoms with Crippen molar-refractivity contribution in [2.75, 3.05) is 19.8 Å². The van der Waals surface area contributed by atoms with Gasteiger partial charge in [-0.25, -0.2) is 0 Å². The minimum absolute atomic E-state index is 0.702. The van der Waals surface area contributed by atoms with Gasteiger partial charge in [-0.1, -0.05) is 6.92 Å². The predicted molar refractivity (Wildman–Crippen MR) is 67.6 cm³/mol. The molecular weight excluding hydrogens is 214 g/mol. The molecule has 4 heteroatoms. The summed E-state index contributed by atoms with van der Waals surface area (Å²) in [5, 5.41) is 12.2. The number of nitrogens with one attached hydrogen (secondary N) is 1. The maximum atomic E-state index is 8.82.